The fraction of sp³-hybridized carbons (Fsp3) is 0.818. The summed E-state index contributed by atoms with van der Waals surface area (Å²) in [6, 6.07) is -0.395. The van der Waals surface area contributed by atoms with Crippen molar-refractivity contribution in [3.05, 3.63) is 0 Å². The van der Waals surface area contributed by atoms with E-state index < -0.39 is 5.97 Å². The number of ether oxygens (including phenoxy) is 1. The Hall–Kier alpha value is -1.30. The zero-order chi connectivity index (χ0) is 12.8. The van der Waals surface area contributed by atoms with Crippen molar-refractivity contribution in [1.82, 2.24) is 10.2 Å². The van der Waals surface area contributed by atoms with Gasteiger partial charge in [-0.25, -0.2) is 4.79 Å². The molecule has 1 saturated heterocycles. The van der Waals surface area contributed by atoms with Gasteiger partial charge in [0.15, 0.2) is 0 Å². The molecule has 1 aliphatic heterocycles. The van der Waals surface area contributed by atoms with E-state index in [4.69, 9.17) is 9.84 Å². The van der Waals surface area contributed by atoms with E-state index in [2.05, 4.69) is 5.32 Å². The largest absolute Gasteiger partial charge is 0.481 e. The second-order valence-corrected chi connectivity index (χ2v) is 4.40. The summed E-state index contributed by atoms with van der Waals surface area (Å²) in [5.74, 6) is -0.911. The molecule has 0 saturated carbocycles. The van der Waals surface area contributed by atoms with Gasteiger partial charge in [0, 0.05) is 32.3 Å². The van der Waals surface area contributed by atoms with Crippen molar-refractivity contribution in [1.29, 1.82) is 0 Å². The van der Waals surface area contributed by atoms with E-state index in [0.717, 1.165) is 12.8 Å². The van der Waals surface area contributed by atoms with Crippen molar-refractivity contribution >= 4 is 12.0 Å². The van der Waals surface area contributed by atoms with Crippen LogP contribution in [0.2, 0.25) is 0 Å². The third kappa shape index (κ3) is 4.60. The van der Waals surface area contributed by atoms with Crippen LogP contribution in [0.25, 0.3) is 0 Å². The lowest BCUT2D eigenvalue weighted by Crippen LogP contribution is -2.48. The highest BCUT2D eigenvalue weighted by molar-refractivity contribution is 5.75. The number of nitrogens with zero attached hydrogens (tertiary/aromatic N) is 1. The first-order valence-corrected chi connectivity index (χ1v) is 5.83. The molecule has 98 valence electrons. The van der Waals surface area contributed by atoms with Crippen LogP contribution < -0.4 is 5.32 Å². The van der Waals surface area contributed by atoms with Gasteiger partial charge < -0.3 is 20.1 Å². The summed E-state index contributed by atoms with van der Waals surface area (Å²) in [5, 5.41) is 11.3. The Morgan fingerprint density at radius 1 is 1.47 bits per heavy atom. The third-order valence-corrected chi connectivity index (χ3v) is 2.91. The molecule has 2 amide bonds. The minimum atomic E-state index is -0.911. The zero-order valence-corrected chi connectivity index (χ0v) is 10.3. The molecule has 0 aromatic heterocycles. The summed E-state index contributed by atoms with van der Waals surface area (Å²) in [5.41, 5.74) is 0. The van der Waals surface area contributed by atoms with Gasteiger partial charge in [-0.15, -0.1) is 0 Å². The maximum atomic E-state index is 11.8. The van der Waals surface area contributed by atoms with Crippen molar-refractivity contribution in [3.63, 3.8) is 0 Å². The molecule has 0 aromatic rings. The van der Waals surface area contributed by atoms with Crippen LogP contribution in [0, 0.1) is 0 Å². The molecule has 1 atom stereocenters. The van der Waals surface area contributed by atoms with E-state index >= 15 is 0 Å². The molecule has 1 heterocycles. The van der Waals surface area contributed by atoms with Crippen LogP contribution in [0.1, 0.15) is 26.2 Å². The number of aliphatic carboxylic acids is 1. The molecule has 0 radical (unpaired) electrons. The summed E-state index contributed by atoms with van der Waals surface area (Å²) in [4.78, 5) is 23.9. The van der Waals surface area contributed by atoms with Crippen LogP contribution in [0.4, 0.5) is 4.79 Å². The van der Waals surface area contributed by atoms with E-state index in [-0.39, 0.29) is 24.5 Å². The highest BCUT2D eigenvalue weighted by atomic mass is 16.5. The molecule has 2 N–H and O–H groups in total. The molecule has 1 rings (SSSR count). The third-order valence-electron chi connectivity index (χ3n) is 2.91. The Balaban J connectivity index is 2.37. The smallest absolute Gasteiger partial charge is 0.317 e. The maximum absolute atomic E-state index is 11.8. The number of urea groups is 1. The minimum absolute atomic E-state index is 0.0621. The van der Waals surface area contributed by atoms with E-state index in [1.54, 1.807) is 18.9 Å². The molecule has 0 spiro atoms. The van der Waals surface area contributed by atoms with Gasteiger partial charge in [0.05, 0.1) is 6.42 Å². The second kappa shape index (κ2) is 6.44. The van der Waals surface area contributed by atoms with Crippen molar-refractivity contribution in [2.75, 3.05) is 20.3 Å². The molecule has 0 aromatic carbocycles. The Morgan fingerprint density at radius 2 is 2.06 bits per heavy atom. The first kappa shape index (κ1) is 13.8. The van der Waals surface area contributed by atoms with Crippen molar-refractivity contribution in [2.24, 2.45) is 0 Å². The predicted octanol–water partition coefficient (Wildman–Crippen LogP) is 0.670. The van der Waals surface area contributed by atoms with Crippen molar-refractivity contribution < 1.29 is 19.4 Å². The number of carboxylic acid groups (broad SMARTS) is 1. The van der Waals surface area contributed by atoms with Gasteiger partial charge in [-0.1, -0.05) is 0 Å². The van der Waals surface area contributed by atoms with Gasteiger partial charge >= 0.3 is 12.0 Å². The van der Waals surface area contributed by atoms with Crippen LogP contribution in [-0.2, 0) is 9.53 Å². The summed E-state index contributed by atoms with van der Waals surface area (Å²) in [6.07, 6.45) is 1.60. The summed E-state index contributed by atoms with van der Waals surface area (Å²) < 4.78 is 5.23. The summed E-state index contributed by atoms with van der Waals surface area (Å²) in [6.45, 7) is 3.03. The first-order chi connectivity index (χ1) is 8.00. The number of hydrogen-bond acceptors (Lipinski definition) is 3. The van der Waals surface area contributed by atoms with Crippen molar-refractivity contribution in [2.45, 2.75) is 38.3 Å². The molecule has 1 fully saturated rings. The Bertz CT molecular complexity index is 277. The summed E-state index contributed by atoms with van der Waals surface area (Å²) >= 11 is 0. The molecule has 1 unspecified atom stereocenters. The first-order valence-electron chi connectivity index (χ1n) is 5.83. The molecule has 1 aliphatic rings. The Kier molecular flexibility index (Phi) is 5.21. The molecule has 6 nitrogen and oxygen atoms in total. The molecule has 0 bridgehead atoms. The normalized spacial score (nSPS) is 18.5. The lowest BCUT2D eigenvalue weighted by atomic mass is 10.1. The topological polar surface area (TPSA) is 78.9 Å². The zero-order valence-electron chi connectivity index (χ0n) is 10.3. The fourth-order valence-electron chi connectivity index (χ4n) is 1.86. The number of carboxylic acids is 1. The maximum Gasteiger partial charge on any atom is 0.317 e. The summed E-state index contributed by atoms with van der Waals surface area (Å²) in [7, 11) is 1.73. The molecule has 17 heavy (non-hydrogen) atoms. The number of carbonyl (C=O) groups excluding carboxylic acids is 1. The van der Waals surface area contributed by atoms with Gasteiger partial charge in [-0.2, -0.15) is 0 Å². The minimum Gasteiger partial charge on any atom is -0.481 e. The fourth-order valence-corrected chi connectivity index (χ4v) is 1.86. The lowest BCUT2D eigenvalue weighted by Gasteiger charge is -2.32. The number of amides is 2. The van der Waals surface area contributed by atoms with Gasteiger partial charge in [-0.05, 0) is 19.8 Å². The highest BCUT2D eigenvalue weighted by Crippen LogP contribution is 2.12. The average molecular weight is 244 g/mol. The lowest BCUT2D eigenvalue weighted by molar-refractivity contribution is -0.137. The number of rotatable bonds is 4. The number of carbonyl (C=O) groups is 2. The van der Waals surface area contributed by atoms with E-state index in [9.17, 15) is 9.59 Å². The molecule has 6 heteroatoms. The van der Waals surface area contributed by atoms with E-state index in [0.29, 0.717) is 13.2 Å². The van der Waals surface area contributed by atoms with E-state index in [1.165, 1.54) is 0 Å². The second-order valence-electron chi connectivity index (χ2n) is 4.40. The van der Waals surface area contributed by atoms with Gasteiger partial charge in [0.1, 0.15) is 0 Å². The standard InChI is InChI=1S/C11H20N2O4/c1-8(7-10(14)15)12-11(16)13(2)9-3-5-17-6-4-9/h8-9H,3-7H2,1-2H3,(H,12,16)(H,14,15). The number of hydrogen-bond donors (Lipinski definition) is 2. The molecule has 0 aliphatic carbocycles. The van der Waals surface area contributed by atoms with Gasteiger partial charge in [0.25, 0.3) is 0 Å². The van der Waals surface area contributed by atoms with Crippen molar-refractivity contribution in [3.8, 4) is 0 Å². The molecular weight excluding hydrogens is 224 g/mol. The van der Waals surface area contributed by atoms with Crippen LogP contribution in [0.15, 0.2) is 0 Å². The quantitative estimate of drug-likeness (QED) is 0.762. The monoisotopic (exact) mass is 244 g/mol. The van der Waals surface area contributed by atoms with Crippen LogP contribution in [-0.4, -0.2) is 54.4 Å². The average Bonchev–Trinajstić information content (AvgIpc) is 2.28. The molecular formula is C11H20N2O4. The number of nitrogens with one attached hydrogen (secondary N) is 1. The van der Waals surface area contributed by atoms with Crippen LogP contribution >= 0.6 is 0 Å². The predicted molar refractivity (Wildman–Crippen MR) is 61.9 cm³/mol. The highest BCUT2D eigenvalue weighted by Gasteiger charge is 2.23. The van der Waals surface area contributed by atoms with Gasteiger partial charge in [-0.3, -0.25) is 4.79 Å². The van der Waals surface area contributed by atoms with Gasteiger partial charge in [0.2, 0.25) is 0 Å². The van der Waals surface area contributed by atoms with E-state index in [1.807, 2.05) is 0 Å². The SMILES string of the molecule is CC(CC(=O)O)NC(=O)N(C)C1CCOCC1. The van der Waals surface area contributed by atoms with Crippen LogP contribution in [0.5, 0.6) is 0 Å². The van der Waals surface area contributed by atoms with Crippen LogP contribution in [0.3, 0.4) is 0 Å². The Labute approximate surface area is 101 Å². The Morgan fingerprint density at radius 3 is 2.59 bits per heavy atom.